The fourth-order valence-electron chi connectivity index (χ4n) is 6.93. The van der Waals surface area contributed by atoms with Gasteiger partial charge in [-0.05, 0) is 37.5 Å². The Morgan fingerprint density at radius 3 is 1.04 bits per heavy atom. The fourth-order valence-corrected chi connectivity index (χ4v) is 6.93. The minimum Gasteiger partial charge on any atom is -0.338 e. The van der Waals surface area contributed by atoms with Gasteiger partial charge in [-0.2, -0.15) is 0 Å². The fraction of sp³-hybridized carbons (Fsp3) is 0.822. The van der Waals surface area contributed by atoms with E-state index < -0.39 is 0 Å². The molecule has 0 fully saturated rings. The Morgan fingerprint density at radius 1 is 0.412 bits per heavy atom. The number of urea groups is 2. The molecule has 0 aromatic heterocycles. The molecule has 1 aromatic rings. The predicted octanol–water partition coefficient (Wildman–Crippen LogP) is 14.8. The first kappa shape index (κ1) is 46.8. The molecule has 0 aliphatic carbocycles. The Labute approximate surface area is 316 Å². The Morgan fingerprint density at radius 2 is 0.706 bits per heavy atom. The summed E-state index contributed by atoms with van der Waals surface area (Å²) in [6.45, 7) is 7.90. The monoisotopic (exact) mass is 713 g/mol. The van der Waals surface area contributed by atoms with Crippen LogP contribution in [0.2, 0.25) is 0 Å². The molecule has 0 unspecified atom stereocenters. The van der Waals surface area contributed by atoms with E-state index in [1.165, 1.54) is 180 Å². The lowest BCUT2D eigenvalue weighted by Crippen LogP contribution is -2.30. The summed E-state index contributed by atoms with van der Waals surface area (Å²) in [5, 5.41) is 11.9. The predicted molar refractivity (Wildman–Crippen MR) is 224 cm³/mol. The van der Waals surface area contributed by atoms with Crippen LogP contribution in [0.5, 0.6) is 0 Å². The molecule has 0 bridgehead atoms. The largest absolute Gasteiger partial charge is 0.338 e. The highest BCUT2D eigenvalue weighted by molar-refractivity contribution is 5.93. The first-order chi connectivity index (χ1) is 25.1. The first-order valence-electron chi connectivity index (χ1n) is 22.3. The number of rotatable bonds is 36. The second kappa shape index (κ2) is 36.1. The Balaban J connectivity index is 1.99. The number of anilines is 2. The van der Waals surface area contributed by atoms with Gasteiger partial charge in [-0.1, -0.05) is 213 Å². The van der Waals surface area contributed by atoms with Gasteiger partial charge in [0.05, 0.1) is 0 Å². The number of nitrogens with one attached hydrogen (secondary N) is 4. The van der Waals surface area contributed by atoms with Crippen LogP contribution in [-0.2, 0) is 0 Å². The van der Waals surface area contributed by atoms with Gasteiger partial charge in [-0.25, -0.2) is 9.59 Å². The summed E-state index contributed by atoms with van der Waals surface area (Å²) in [5.74, 6) is 0. The summed E-state index contributed by atoms with van der Waals surface area (Å²) >= 11 is 0. The second-order valence-electron chi connectivity index (χ2n) is 15.4. The zero-order valence-corrected chi connectivity index (χ0v) is 34.1. The van der Waals surface area contributed by atoms with E-state index in [1.54, 1.807) is 0 Å². The average molecular weight is 713 g/mol. The number of carbonyl (C=O) groups is 2. The van der Waals surface area contributed by atoms with Gasteiger partial charge in [0, 0.05) is 24.5 Å². The molecule has 0 aliphatic heterocycles. The Bertz CT molecular complexity index is 937. The van der Waals surface area contributed by atoms with Gasteiger partial charge in [0.15, 0.2) is 0 Å². The molecule has 0 heterocycles. The molecule has 0 saturated carbocycles. The number of unbranched alkanes of at least 4 members (excludes halogenated alkanes) is 30. The lowest BCUT2D eigenvalue weighted by molar-refractivity contribution is 0.251. The maximum Gasteiger partial charge on any atom is 0.319 e. The third kappa shape index (κ3) is 31.0. The quantitative estimate of drug-likeness (QED) is 0.0522. The van der Waals surface area contributed by atoms with E-state index in [2.05, 4.69) is 35.1 Å². The molecule has 6 nitrogen and oxygen atoms in total. The number of carbonyl (C=O) groups excluding carboxylic acids is 2. The molecule has 0 saturated heterocycles. The van der Waals surface area contributed by atoms with Crippen molar-refractivity contribution in [1.29, 1.82) is 0 Å². The van der Waals surface area contributed by atoms with Crippen LogP contribution in [0, 0.1) is 6.92 Å². The molecule has 4 N–H and O–H groups in total. The molecule has 1 aromatic carbocycles. The minimum absolute atomic E-state index is 0.191. The van der Waals surface area contributed by atoms with Crippen LogP contribution in [0.25, 0.3) is 0 Å². The molecule has 0 spiro atoms. The van der Waals surface area contributed by atoms with Gasteiger partial charge >= 0.3 is 12.1 Å². The van der Waals surface area contributed by atoms with E-state index in [0.717, 1.165) is 36.9 Å². The van der Waals surface area contributed by atoms with Crippen LogP contribution in [0.3, 0.4) is 0 Å². The third-order valence-corrected chi connectivity index (χ3v) is 10.4. The minimum atomic E-state index is -0.196. The highest BCUT2D eigenvalue weighted by Crippen LogP contribution is 2.21. The van der Waals surface area contributed by atoms with Crippen LogP contribution >= 0.6 is 0 Å². The topological polar surface area (TPSA) is 82.3 Å². The molecule has 296 valence electrons. The van der Waals surface area contributed by atoms with Crippen LogP contribution in [0.4, 0.5) is 21.0 Å². The van der Waals surface area contributed by atoms with Crippen molar-refractivity contribution < 1.29 is 9.59 Å². The third-order valence-electron chi connectivity index (χ3n) is 10.4. The summed E-state index contributed by atoms with van der Waals surface area (Å²) < 4.78 is 0. The zero-order chi connectivity index (χ0) is 36.9. The second-order valence-corrected chi connectivity index (χ2v) is 15.4. The van der Waals surface area contributed by atoms with E-state index in [4.69, 9.17) is 0 Å². The molecule has 4 amide bonds. The van der Waals surface area contributed by atoms with Gasteiger partial charge in [-0.3, -0.25) is 0 Å². The van der Waals surface area contributed by atoms with Crippen LogP contribution in [0.1, 0.15) is 225 Å². The Hall–Kier alpha value is -2.24. The van der Waals surface area contributed by atoms with Gasteiger partial charge < -0.3 is 21.3 Å². The normalized spacial score (nSPS) is 11.1. The molecular formula is C45H84N4O2. The van der Waals surface area contributed by atoms with E-state index in [1.807, 2.05) is 25.1 Å². The van der Waals surface area contributed by atoms with Crippen LogP contribution < -0.4 is 21.3 Å². The highest BCUT2D eigenvalue weighted by atomic mass is 16.2. The van der Waals surface area contributed by atoms with Crippen molar-refractivity contribution in [3.05, 3.63) is 23.8 Å². The van der Waals surface area contributed by atoms with Gasteiger partial charge in [0.25, 0.3) is 0 Å². The van der Waals surface area contributed by atoms with Crippen LogP contribution in [0.15, 0.2) is 18.2 Å². The van der Waals surface area contributed by atoms with Crippen molar-refractivity contribution in [3.63, 3.8) is 0 Å². The van der Waals surface area contributed by atoms with Gasteiger partial charge in [0.1, 0.15) is 0 Å². The average Bonchev–Trinajstić information content (AvgIpc) is 3.12. The Kier molecular flexibility index (Phi) is 33.1. The molecule has 0 aliphatic rings. The smallest absolute Gasteiger partial charge is 0.319 e. The van der Waals surface area contributed by atoms with Crippen LogP contribution in [-0.4, -0.2) is 25.2 Å². The van der Waals surface area contributed by atoms with E-state index in [-0.39, 0.29) is 12.1 Å². The lowest BCUT2D eigenvalue weighted by Gasteiger charge is -2.13. The SMILES string of the molecule is CCCCCCCCCCCCCCCCCCNC(=O)Nc1ccc(C)c(NC(=O)NCCCCCCCCCCCCCCCCCC)c1. The number of benzene rings is 1. The van der Waals surface area contributed by atoms with E-state index in [9.17, 15) is 9.59 Å². The summed E-state index contributed by atoms with van der Waals surface area (Å²) in [6.07, 6.45) is 43.0. The maximum atomic E-state index is 12.5. The summed E-state index contributed by atoms with van der Waals surface area (Å²) in [4.78, 5) is 25.0. The maximum absolute atomic E-state index is 12.5. The van der Waals surface area contributed by atoms with Crippen molar-refractivity contribution in [1.82, 2.24) is 10.6 Å². The summed E-state index contributed by atoms with van der Waals surface area (Å²) in [5.41, 5.74) is 2.36. The molecule has 0 radical (unpaired) electrons. The number of hydrogen-bond donors (Lipinski definition) is 4. The molecule has 51 heavy (non-hydrogen) atoms. The summed E-state index contributed by atoms with van der Waals surface area (Å²) in [6, 6.07) is 5.25. The molecule has 1 rings (SSSR count). The van der Waals surface area contributed by atoms with Crippen molar-refractivity contribution in [2.75, 3.05) is 23.7 Å². The number of aryl methyl sites for hydroxylation is 1. The zero-order valence-electron chi connectivity index (χ0n) is 34.1. The first-order valence-corrected chi connectivity index (χ1v) is 22.3. The van der Waals surface area contributed by atoms with Crippen molar-refractivity contribution in [3.8, 4) is 0 Å². The van der Waals surface area contributed by atoms with Crippen molar-refractivity contribution in [2.24, 2.45) is 0 Å². The highest BCUT2D eigenvalue weighted by Gasteiger charge is 2.08. The van der Waals surface area contributed by atoms with Gasteiger partial charge in [-0.15, -0.1) is 0 Å². The van der Waals surface area contributed by atoms with E-state index in [0.29, 0.717) is 18.8 Å². The number of amides is 4. The molecule has 6 heteroatoms. The van der Waals surface area contributed by atoms with E-state index >= 15 is 0 Å². The standard InChI is InChI=1S/C45H84N4O2/c1-4-6-8-10-12-14-16-18-20-22-24-26-28-30-32-34-38-46-44(50)48-42-37-36-41(3)43(40-42)49-45(51)47-39-35-33-31-29-27-25-23-21-19-17-15-13-11-9-7-5-2/h36-37,40H,4-35,38-39H2,1-3H3,(H2,46,48,50)(H2,47,49,51). The molecular weight excluding hydrogens is 629 g/mol. The lowest BCUT2D eigenvalue weighted by atomic mass is 10.0. The number of hydrogen-bond acceptors (Lipinski definition) is 2. The van der Waals surface area contributed by atoms with Gasteiger partial charge in [0.2, 0.25) is 0 Å². The summed E-state index contributed by atoms with van der Waals surface area (Å²) in [7, 11) is 0. The van der Waals surface area contributed by atoms with Crippen molar-refractivity contribution >= 4 is 23.4 Å². The van der Waals surface area contributed by atoms with Crippen molar-refractivity contribution in [2.45, 2.75) is 226 Å². The molecule has 0 atom stereocenters.